The third kappa shape index (κ3) is 2.69. The molecule has 6 aromatic rings. The summed E-state index contributed by atoms with van der Waals surface area (Å²) in [6.45, 7) is 2.21. The summed E-state index contributed by atoms with van der Waals surface area (Å²) in [5.74, 6) is 0. The van der Waals surface area contributed by atoms with Crippen LogP contribution in [0.1, 0.15) is 5.56 Å². The second-order valence-corrected chi connectivity index (χ2v) is 10.5. The summed E-state index contributed by atoms with van der Waals surface area (Å²) in [6.07, 6.45) is 0. The molecule has 0 spiro atoms. The molecule has 8 rings (SSSR count). The molecule has 0 bridgehead atoms. The van der Waals surface area contributed by atoms with Gasteiger partial charge in [0.05, 0.1) is 16.9 Å². The number of aryl methyl sites for hydroxylation is 1. The quantitative estimate of drug-likeness (QED) is 0.266. The molecule has 0 saturated heterocycles. The van der Waals surface area contributed by atoms with E-state index in [2.05, 4.69) is 121 Å². The predicted octanol–water partition coefficient (Wildman–Crippen LogP) is 6.94. The standard InChI is InChI=1S/C31H20BN2S/c1-18-16-22(20-9-7-15-28-30(20)33-24-12-3-5-14-27(24)35-28)29-26(17-18)34-25-13-4-2-8-19(25)21-10-6-11-23(32-29)31(21)34/h2-17,33H,1H3. The first-order valence-corrected chi connectivity index (χ1v) is 12.8. The van der Waals surface area contributed by atoms with E-state index in [9.17, 15) is 0 Å². The van der Waals surface area contributed by atoms with Crippen molar-refractivity contribution in [2.24, 2.45) is 0 Å². The minimum atomic E-state index is 1.17. The minimum Gasteiger partial charge on any atom is -0.353 e. The second kappa shape index (κ2) is 7.06. The third-order valence-corrected chi connectivity index (χ3v) is 8.39. The van der Waals surface area contributed by atoms with Crippen LogP contribution in [0.4, 0.5) is 11.4 Å². The van der Waals surface area contributed by atoms with Gasteiger partial charge in [-0.3, -0.25) is 0 Å². The van der Waals surface area contributed by atoms with E-state index in [1.165, 1.54) is 76.3 Å². The van der Waals surface area contributed by atoms with Crippen LogP contribution in [0.5, 0.6) is 0 Å². The van der Waals surface area contributed by atoms with Gasteiger partial charge in [0.2, 0.25) is 0 Å². The van der Waals surface area contributed by atoms with Gasteiger partial charge in [0.1, 0.15) is 0 Å². The van der Waals surface area contributed by atoms with Crippen LogP contribution in [0.2, 0.25) is 0 Å². The first-order valence-electron chi connectivity index (χ1n) is 12.0. The van der Waals surface area contributed by atoms with Crippen LogP contribution in [0.25, 0.3) is 38.6 Å². The fraction of sp³-hybridized carbons (Fsp3) is 0.0323. The predicted molar refractivity (Wildman–Crippen MR) is 150 cm³/mol. The van der Waals surface area contributed by atoms with E-state index < -0.39 is 0 Å². The average Bonchev–Trinajstić information content (AvgIpc) is 3.23. The molecule has 0 unspecified atom stereocenters. The zero-order valence-electron chi connectivity index (χ0n) is 19.2. The first-order chi connectivity index (χ1) is 17.3. The summed E-state index contributed by atoms with van der Waals surface area (Å²) in [7, 11) is 2.38. The zero-order valence-corrected chi connectivity index (χ0v) is 20.0. The molecule has 0 saturated carbocycles. The Labute approximate surface area is 208 Å². The number of benzene rings is 5. The van der Waals surface area contributed by atoms with Gasteiger partial charge in [0, 0.05) is 37.3 Å². The van der Waals surface area contributed by atoms with Crippen molar-refractivity contribution in [1.82, 2.24) is 4.57 Å². The van der Waals surface area contributed by atoms with Gasteiger partial charge in [0.25, 0.3) is 0 Å². The number of nitrogens with one attached hydrogen (secondary N) is 1. The van der Waals surface area contributed by atoms with Gasteiger partial charge in [-0.15, -0.1) is 0 Å². The van der Waals surface area contributed by atoms with Gasteiger partial charge in [-0.2, -0.15) is 0 Å². The normalized spacial score (nSPS) is 13.1. The fourth-order valence-electron chi connectivity index (χ4n) is 5.79. The third-order valence-electron chi connectivity index (χ3n) is 7.25. The Morgan fingerprint density at radius 3 is 2.51 bits per heavy atom. The van der Waals surface area contributed by atoms with Crippen LogP contribution < -0.4 is 16.2 Å². The molecule has 2 aliphatic heterocycles. The Hall–Kier alpha value is -3.89. The maximum absolute atomic E-state index is 3.76. The lowest BCUT2D eigenvalue weighted by molar-refractivity contribution is 1.18. The van der Waals surface area contributed by atoms with Crippen molar-refractivity contribution in [2.75, 3.05) is 5.32 Å². The molecule has 3 heterocycles. The van der Waals surface area contributed by atoms with E-state index in [1.807, 2.05) is 11.8 Å². The Balaban J connectivity index is 1.42. The van der Waals surface area contributed by atoms with Crippen LogP contribution >= 0.6 is 11.8 Å². The number of para-hydroxylation sites is 4. The number of rotatable bonds is 1. The molecule has 1 N–H and O–H groups in total. The van der Waals surface area contributed by atoms with E-state index in [0.29, 0.717) is 0 Å². The number of aromatic nitrogens is 1. The molecular formula is C31H20BN2S. The minimum absolute atomic E-state index is 1.17. The van der Waals surface area contributed by atoms with E-state index in [-0.39, 0.29) is 0 Å². The Morgan fingerprint density at radius 1 is 0.743 bits per heavy atom. The van der Waals surface area contributed by atoms with Crippen LogP contribution in [0.3, 0.4) is 0 Å². The maximum atomic E-state index is 3.76. The van der Waals surface area contributed by atoms with Crippen molar-refractivity contribution < 1.29 is 0 Å². The van der Waals surface area contributed by atoms with Gasteiger partial charge in [-0.1, -0.05) is 84.0 Å². The topological polar surface area (TPSA) is 17.0 Å². The Kier molecular flexibility index (Phi) is 3.92. The summed E-state index contributed by atoms with van der Waals surface area (Å²) in [6, 6.07) is 35.3. The van der Waals surface area contributed by atoms with E-state index in [4.69, 9.17) is 0 Å². The molecule has 1 aromatic heterocycles. The number of nitrogens with zero attached hydrogens (tertiary/aromatic N) is 1. The smallest absolute Gasteiger partial charge is 0.197 e. The molecule has 0 amide bonds. The average molecular weight is 463 g/mol. The number of fused-ring (bicyclic) bond motifs is 7. The van der Waals surface area contributed by atoms with Crippen molar-refractivity contribution in [3.8, 4) is 16.8 Å². The molecule has 163 valence electrons. The largest absolute Gasteiger partial charge is 0.353 e. The Morgan fingerprint density at radius 2 is 1.54 bits per heavy atom. The molecule has 2 aliphatic rings. The van der Waals surface area contributed by atoms with Gasteiger partial charge in [-0.25, -0.2) is 0 Å². The number of hydrogen-bond acceptors (Lipinski definition) is 2. The number of hydrogen-bond donors (Lipinski definition) is 1. The zero-order chi connectivity index (χ0) is 23.1. The fourth-order valence-corrected chi connectivity index (χ4v) is 6.81. The molecule has 35 heavy (non-hydrogen) atoms. The monoisotopic (exact) mass is 463 g/mol. The molecular weight excluding hydrogens is 443 g/mol. The van der Waals surface area contributed by atoms with Gasteiger partial charge >= 0.3 is 0 Å². The van der Waals surface area contributed by atoms with Crippen LogP contribution in [-0.4, -0.2) is 11.8 Å². The highest BCUT2D eigenvalue weighted by Crippen LogP contribution is 2.48. The molecule has 0 atom stereocenters. The SMILES string of the molecule is Cc1cc(-c2cccc3c2Nc2ccccc2S3)c2c(c1)-n1c3ccccc3c3cccc(c31)[B]2. The number of anilines is 2. The first kappa shape index (κ1) is 19.4. The van der Waals surface area contributed by atoms with Crippen LogP contribution in [0, 0.1) is 6.92 Å². The van der Waals surface area contributed by atoms with Gasteiger partial charge < -0.3 is 9.88 Å². The molecule has 0 aliphatic carbocycles. The molecule has 0 fully saturated rings. The van der Waals surface area contributed by atoms with Gasteiger partial charge in [-0.05, 0) is 53.8 Å². The maximum Gasteiger partial charge on any atom is 0.197 e. The molecule has 4 heteroatoms. The highest BCUT2D eigenvalue weighted by Gasteiger charge is 2.27. The second-order valence-electron chi connectivity index (χ2n) is 9.39. The Bertz CT molecular complexity index is 1850. The van der Waals surface area contributed by atoms with Crippen molar-refractivity contribution in [3.05, 3.63) is 103 Å². The highest BCUT2D eigenvalue weighted by atomic mass is 32.2. The van der Waals surface area contributed by atoms with Gasteiger partial charge in [0.15, 0.2) is 7.28 Å². The molecule has 2 nitrogen and oxygen atoms in total. The summed E-state index contributed by atoms with van der Waals surface area (Å²) in [4.78, 5) is 2.53. The summed E-state index contributed by atoms with van der Waals surface area (Å²) >= 11 is 1.84. The van der Waals surface area contributed by atoms with Crippen LogP contribution in [-0.2, 0) is 0 Å². The van der Waals surface area contributed by atoms with E-state index >= 15 is 0 Å². The lowest BCUT2D eigenvalue weighted by atomic mass is 9.59. The van der Waals surface area contributed by atoms with E-state index in [1.54, 1.807) is 0 Å². The van der Waals surface area contributed by atoms with Crippen molar-refractivity contribution in [1.29, 1.82) is 0 Å². The highest BCUT2D eigenvalue weighted by molar-refractivity contribution is 7.99. The molecule has 1 radical (unpaired) electrons. The van der Waals surface area contributed by atoms with Crippen molar-refractivity contribution in [3.63, 3.8) is 0 Å². The van der Waals surface area contributed by atoms with Crippen LogP contribution in [0.15, 0.2) is 107 Å². The lowest BCUT2D eigenvalue weighted by Gasteiger charge is -2.27. The summed E-state index contributed by atoms with van der Waals surface area (Å²) in [5, 5.41) is 6.38. The lowest BCUT2D eigenvalue weighted by Crippen LogP contribution is -2.37. The van der Waals surface area contributed by atoms with Crippen molar-refractivity contribution >= 4 is 63.1 Å². The van der Waals surface area contributed by atoms with Crippen molar-refractivity contribution in [2.45, 2.75) is 16.7 Å². The summed E-state index contributed by atoms with van der Waals surface area (Å²) in [5.41, 5.74) is 12.5. The molecule has 5 aromatic carbocycles. The van der Waals surface area contributed by atoms with E-state index in [0.717, 1.165) is 0 Å². The summed E-state index contributed by atoms with van der Waals surface area (Å²) < 4.78 is 2.47.